The molecule has 0 bridgehead atoms. The molecule has 2 aromatic rings. The molecule has 5 N–H and O–H groups in total. The van der Waals surface area contributed by atoms with Gasteiger partial charge in [-0.25, -0.2) is 0 Å². The second kappa shape index (κ2) is 5.95. The van der Waals surface area contributed by atoms with Gasteiger partial charge in [-0.2, -0.15) is 5.10 Å². The maximum absolute atomic E-state index is 6.33. The van der Waals surface area contributed by atoms with Crippen LogP contribution in [0, 0.1) is 0 Å². The van der Waals surface area contributed by atoms with Crippen molar-refractivity contribution in [1.29, 1.82) is 0 Å². The highest BCUT2D eigenvalue weighted by Crippen LogP contribution is 2.35. The van der Waals surface area contributed by atoms with Gasteiger partial charge >= 0.3 is 0 Å². The molecule has 0 aliphatic rings. The van der Waals surface area contributed by atoms with E-state index in [2.05, 4.69) is 24.0 Å². The number of hydrogen-bond donors (Lipinski definition) is 3. The fourth-order valence-corrected chi connectivity index (χ4v) is 2.61. The predicted octanol–water partition coefficient (Wildman–Crippen LogP) is 3.41. The van der Waals surface area contributed by atoms with Gasteiger partial charge in [0.2, 0.25) is 0 Å². The van der Waals surface area contributed by atoms with E-state index in [9.17, 15) is 0 Å². The third-order valence-corrected chi connectivity index (χ3v) is 3.77. The molecule has 1 aromatic carbocycles. The highest BCUT2D eigenvalue weighted by molar-refractivity contribution is 6.00. The lowest BCUT2D eigenvalue weighted by molar-refractivity contribution is 0.762. The van der Waals surface area contributed by atoms with Crippen molar-refractivity contribution in [3.8, 4) is 0 Å². The van der Waals surface area contributed by atoms with Gasteiger partial charge in [0.25, 0.3) is 0 Å². The summed E-state index contributed by atoms with van der Waals surface area (Å²) in [6.45, 7) is 4.39. The number of nitrogens with two attached hydrogens (primary N) is 2. The summed E-state index contributed by atoms with van der Waals surface area (Å²) in [7, 11) is 0. The van der Waals surface area contributed by atoms with Gasteiger partial charge in [-0.15, -0.1) is 0 Å². The number of nitrogens with one attached hydrogen (secondary N) is 1. The lowest BCUT2D eigenvalue weighted by Gasteiger charge is -2.16. The van der Waals surface area contributed by atoms with Crippen molar-refractivity contribution in [2.45, 2.75) is 52.4 Å². The molecule has 0 aliphatic carbocycles. The fourth-order valence-electron chi connectivity index (χ4n) is 2.61. The Bertz CT molecular complexity index is 509. The Morgan fingerprint density at radius 2 is 1.58 bits per heavy atom. The summed E-state index contributed by atoms with van der Waals surface area (Å²) >= 11 is 0. The largest absolute Gasteiger partial charge is 0.398 e. The molecule has 4 heteroatoms. The Labute approximate surface area is 114 Å². The van der Waals surface area contributed by atoms with Crippen molar-refractivity contribution < 1.29 is 0 Å². The SMILES string of the molecule is CCCCc1c(CCCC)c(N)c2[nH]ncc2c1N. The number of unbranched alkanes of at least 4 members (excludes halogenated alkanes) is 2. The topological polar surface area (TPSA) is 80.7 Å². The second-order valence-corrected chi connectivity index (χ2v) is 5.15. The van der Waals surface area contributed by atoms with E-state index in [-0.39, 0.29) is 0 Å². The fraction of sp³-hybridized carbons (Fsp3) is 0.533. The molecular weight excluding hydrogens is 236 g/mol. The van der Waals surface area contributed by atoms with E-state index >= 15 is 0 Å². The van der Waals surface area contributed by atoms with Crippen molar-refractivity contribution in [2.24, 2.45) is 0 Å². The van der Waals surface area contributed by atoms with Crippen molar-refractivity contribution in [1.82, 2.24) is 10.2 Å². The van der Waals surface area contributed by atoms with Crippen LogP contribution in [0.3, 0.4) is 0 Å². The molecule has 19 heavy (non-hydrogen) atoms. The van der Waals surface area contributed by atoms with Gasteiger partial charge in [0, 0.05) is 11.1 Å². The van der Waals surface area contributed by atoms with E-state index in [0.29, 0.717) is 0 Å². The van der Waals surface area contributed by atoms with Crippen LogP contribution in [-0.2, 0) is 12.8 Å². The first-order valence-corrected chi connectivity index (χ1v) is 7.22. The van der Waals surface area contributed by atoms with Crippen LogP contribution in [0.25, 0.3) is 10.9 Å². The molecule has 2 rings (SSSR count). The minimum absolute atomic E-state index is 0.834. The summed E-state index contributed by atoms with van der Waals surface area (Å²) in [5.41, 5.74) is 17.7. The number of rotatable bonds is 6. The minimum atomic E-state index is 0.834. The molecule has 4 nitrogen and oxygen atoms in total. The molecule has 0 spiro atoms. The standard InChI is InChI=1S/C15H24N4/c1-3-5-7-10-11(8-6-4-2)14(17)15-12(13(10)16)9-18-19-15/h9H,3-8,16-17H2,1-2H3,(H,18,19). The highest BCUT2D eigenvalue weighted by atomic mass is 15.1. The zero-order chi connectivity index (χ0) is 13.8. The molecule has 0 radical (unpaired) electrons. The van der Waals surface area contributed by atoms with Gasteiger partial charge in [-0.1, -0.05) is 26.7 Å². The molecule has 1 heterocycles. The number of benzene rings is 1. The molecule has 1 aromatic heterocycles. The van der Waals surface area contributed by atoms with Gasteiger partial charge < -0.3 is 11.5 Å². The first-order valence-electron chi connectivity index (χ1n) is 7.22. The molecule has 104 valence electrons. The lowest BCUT2D eigenvalue weighted by Crippen LogP contribution is -2.06. The minimum Gasteiger partial charge on any atom is -0.398 e. The van der Waals surface area contributed by atoms with Crippen molar-refractivity contribution >= 4 is 22.3 Å². The predicted molar refractivity (Wildman–Crippen MR) is 82.1 cm³/mol. The highest BCUT2D eigenvalue weighted by Gasteiger charge is 2.16. The van der Waals surface area contributed by atoms with Crippen LogP contribution in [0.5, 0.6) is 0 Å². The summed E-state index contributed by atoms with van der Waals surface area (Å²) in [5.74, 6) is 0. The third-order valence-electron chi connectivity index (χ3n) is 3.77. The quantitative estimate of drug-likeness (QED) is 0.696. The molecule has 0 unspecified atom stereocenters. The van der Waals surface area contributed by atoms with Crippen LogP contribution in [0.15, 0.2) is 6.20 Å². The van der Waals surface area contributed by atoms with Crippen LogP contribution in [0.1, 0.15) is 50.7 Å². The number of anilines is 2. The average Bonchev–Trinajstić information content (AvgIpc) is 2.90. The first-order chi connectivity index (χ1) is 9.20. The van der Waals surface area contributed by atoms with Crippen LogP contribution in [-0.4, -0.2) is 10.2 Å². The monoisotopic (exact) mass is 260 g/mol. The van der Waals surface area contributed by atoms with Crippen LogP contribution in [0.2, 0.25) is 0 Å². The van der Waals surface area contributed by atoms with Gasteiger partial charge in [0.05, 0.1) is 17.4 Å². The van der Waals surface area contributed by atoms with E-state index in [1.54, 1.807) is 6.20 Å². The van der Waals surface area contributed by atoms with Crippen molar-refractivity contribution in [3.05, 3.63) is 17.3 Å². The Morgan fingerprint density at radius 1 is 1.00 bits per heavy atom. The molecule has 0 saturated heterocycles. The number of nitrogen functional groups attached to an aromatic ring is 2. The normalized spacial score (nSPS) is 11.3. The second-order valence-electron chi connectivity index (χ2n) is 5.15. The lowest BCUT2D eigenvalue weighted by atomic mass is 9.92. The molecule has 0 fully saturated rings. The Balaban J connectivity index is 2.55. The van der Waals surface area contributed by atoms with Gasteiger partial charge in [0.15, 0.2) is 0 Å². The zero-order valence-corrected chi connectivity index (χ0v) is 11.9. The van der Waals surface area contributed by atoms with Crippen LogP contribution < -0.4 is 11.5 Å². The van der Waals surface area contributed by atoms with Gasteiger partial charge in [0.1, 0.15) is 0 Å². The summed E-state index contributed by atoms with van der Waals surface area (Å²) < 4.78 is 0. The number of hydrogen-bond acceptors (Lipinski definition) is 3. The third kappa shape index (κ3) is 2.53. The number of aromatic nitrogens is 2. The summed E-state index contributed by atoms with van der Waals surface area (Å²) in [6, 6.07) is 0. The zero-order valence-electron chi connectivity index (χ0n) is 11.9. The van der Waals surface area contributed by atoms with E-state index in [0.717, 1.165) is 60.8 Å². The van der Waals surface area contributed by atoms with Crippen LogP contribution in [0.4, 0.5) is 11.4 Å². The molecule has 0 atom stereocenters. The van der Waals surface area contributed by atoms with E-state index in [1.807, 2.05) is 0 Å². The molecule has 0 saturated carbocycles. The number of nitrogens with zero attached hydrogens (tertiary/aromatic N) is 1. The Kier molecular flexibility index (Phi) is 4.30. The van der Waals surface area contributed by atoms with Crippen molar-refractivity contribution in [3.63, 3.8) is 0 Å². The Morgan fingerprint density at radius 3 is 2.16 bits per heavy atom. The number of fused-ring (bicyclic) bond motifs is 1. The Hall–Kier alpha value is -1.71. The summed E-state index contributed by atoms with van der Waals surface area (Å²) in [5, 5.41) is 8.02. The maximum atomic E-state index is 6.33. The van der Waals surface area contributed by atoms with Gasteiger partial charge in [-0.05, 0) is 36.8 Å². The van der Waals surface area contributed by atoms with E-state index in [1.165, 1.54) is 11.1 Å². The van der Waals surface area contributed by atoms with E-state index < -0.39 is 0 Å². The van der Waals surface area contributed by atoms with Crippen molar-refractivity contribution in [2.75, 3.05) is 11.5 Å². The van der Waals surface area contributed by atoms with E-state index in [4.69, 9.17) is 11.5 Å². The van der Waals surface area contributed by atoms with Crippen LogP contribution >= 0.6 is 0 Å². The average molecular weight is 260 g/mol. The number of aromatic amines is 1. The smallest absolute Gasteiger partial charge is 0.0903 e. The molecule has 0 aliphatic heterocycles. The summed E-state index contributed by atoms with van der Waals surface area (Å²) in [6.07, 6.45) is 8.39. The van der Waals surface area contributed by atoms with Gasteiger partial charge in [-0.3, -0.25) is 5.10 Å². The maximum Gasteiger partial charge on any atom is 0.0903 e. The molecular formula is C15H24N4. The number of H-pyrrole nitrogens is 1. The first kappa shape index (κ1) is 13.7. The molecule has 0 amide bonds. The summed E-state index contributed by atoms with van der Waals surface area (Å²) in [4.78, 5) is 0.